The Bertz CT molecular complexity index is 1050. The molecule has 3 rings (SSSR count). The first-order valence-corrected chi connectivity index (χ1v) is 10.4. The van der Waals surface area contributed by atoms with Crippen LogP contribution in [-0.4, -0.2) is 30.7 Å². The summed E-state index contributed by atoms with van der Waals surface area (Å²) in [5.41, 5.74) is 4.48. The highest BCUT2D eigenvalue weighted by Crippen LogP contribution is 2.33. The Morgan fingerprint density at radius 2 is 1.66 bits per heavy atom. The van der Waals surface area contributed by atoms with Gasteiger partial charge in [-0.2, -0.15) is 0 Å². The van der Waals surface area contributed by atoms with E-state index in [4.69, 9.17) is 14.6 Å². The van der Waals surface area contributed by atoms with E-state index in [2.05, 4.69) is 5.32 Å². The zero-order chi connectivity index (χ0) is 22.8. The number of carbonyl (C=O) groups excluding carboxylic acids is 1. The van der Waals surface area contributed by atoms with Crippen LogP contribution >= 0.6 is 0 Å². The molecule has 0 fully saturated rings. The van der Waals surface area contributed by atoms with Crippen LogP contribution in [0.15, 0.2) is 72.8 Å². The van der Waals surface area contributed by atoms with Crippen LogP contribution in [0.5, 0.6) is 5.75 Å². The summed E-state index contributed by atoms with van der Waals surface area (Å²) in [6.07, 6.45) is 0.217. The van der Waals surface area contributed by atoms with Crippen LogP contribution in [0.1, 0.15) is 23.1 Å². The molecule has 0 aliphatic heterocycles. The van der Waals surface area contributed by atoms with Crippen molar-refractivity contribution in [3.8, 4) is 16.9 Å². The fraction of sp³-hybridized carbons (Fsp3) is 0.231. The number of benzene rings is 3. The molecule has 32 heavy (non-hydrogen) atoms. The average molecular weight is 434 g/mol. The van der Waals surface area contributed by atoms with Crippen molar-refractivity contribution in [1.82, 2.24) is 5.32 Å². The number of carboxylic acids is 1. The van der Waals surface area contributed by atoms with Crippen LogP contribution in [0.3, 0.4) is 0 Å². The summed E-state index contributed by atoms with van der Waals surface area (Å²) < 4.78 is 10.8. The molecule has 0 aliphatic carbocycles. The average Bonchev–Trinajstić information content (AvgIpc) is 2.81. The fourth-order valence-electron chi connectivity index (χ4n) is 3.41. The molecule has 0 heterocycles. The van der Waals surface area contributed by atoms with Gasteiger partial charge in [-0.25, -0.2) is 0 Å². The number of nitrogens with one attached hydrogen (secondary N) is 1. The van der Waals surface area contributed by atoms with Gasteiger partial charge in [-0.3, -0.25) is 9.59 Å². The van der Waals surface area contributed by atoms with Crippen LogP contribution in [0.25, 0.3) is 11.1 Å². The maximum absolute atomic E-state index is 12.0. The topological polar surface area (TPSA) is 84.9 Å². The maximum atomic E-state index is 12.0. The third-order valence-electron chi connectivity index (χ3n) is 4.99. The summed E-state index contributed by atoms with van der Waals surface area (Å²) in [6, 6.07) is 22.8. The lowest BCUT2D eigenvalue weighted by Gasteiger charge is -2.15. The number of methoxy groups -OCH3 is 1. The second-order valence-corrected chi connectivity index (χ2v) is 7.34. The molecule has 0 aliphatic rings. The van der Waals surface area contributed by atoms with Crippen LogP contribution in [0.2, 0.25) is 0 Å². The minimum Gasteiger partial charge on any atom is -0.496 e. The first kappa shape index (κ1) is 23.0. The van der Waals surface area contributed by atoms with E-state index in [1.165, 1.54) is 0 Å². The van der Waals surface area contributed by atoms with Gasteiger partial charge >= 0.3 is 11.9 Å². The number of carboxylic acid groups (broad SMARTS) is 1. The molecule has 6 heteroatoms. The Morgan fingerprint density at radius 1 is 0.906 bits per heavy atom. The van der Waals surface area contributed by atoms with Crippen molar-refractivity contribution in [3.63, 3.8) is 0 Å². The Labute approximate surface area is 187 Å². The van der Waals surface area contributed by atoms with E-state index in [9.17, 15) is 9.59 Å². The summed E-state index contributed by atoms with van der Waals surface area (Å²) in [5.74, 6) is -0.455. The van der Waals surface area contributed by atoms with Crippen LogP contribution in [0.4, 0.5) is 0 Å². The van der Waals surface area contributed by atoms with Crippen molar-refractivity contribution in [1.29, 1.82) is 0 Å². The van der Waals surface area contributed by atoms with E-state index in [0.29, 0.717) is 24.4 Å². The molecule has 2 N–H and O–H groups in total. The lowest BCUT2D eigenvalue weighted by atomic mass is 9.96. The third-order valence-corrected chi connectivity index (χ3v) is 4.99. The lowest BCUT2D eigenvalue weighted by molar-refractivity contribution is -0.144. The predicted molar refractivity (Wildman–Crippen MR) is 122 cm³/mol. The van der Waals surface area contributed by atoms with Gasteiger partial charge in [0.1, 0.15) is 12.4 Å². The SMILES string of the molecule is COc1ccc(CC(=O)O)cc1-c1ccccc1CNCCC(=O)OCc1ccccc1. The Hall–Kier alpha value is -3.64. The van der Waals surface area contributed by atoms with Gasteiger partial charge in [0.2, 0.25) is 0 Å². The number of aliphatic carboxylic acids is 1. The molecule has 0 saturated carbocycles. The van der Waals surface area contributed by atoms with Crippen molar-refractivity contribution in [2.75, 3.05) is 13.7 Å². The van der Waals surface area contributed by atoms with Gasteiger partial charge in [0.15, 0.2) is 0 Å². The number of ether oxygens (including phenoxy) is 2. The molecular formula is C26H27NO5. The summed E-state index contributed by atoms with van der Waals surface area (Å²) in [6.45, 7) is 1.31. The summed E-state index contributed by atoms with van der Waals surface area (Å²) >= 11 is 0. The normalized spacial score (nSPS) is 10.5. The second-order valence-electron chi connectivity index (χ2n) is 7.34. The molecule has 0 unspecified atom stereocenters. The van der Waals surface area contributed by atoms with E-state index in [0.717, 1.165) is 22.3 Å². The van der Waals surface area contributed by atoms with Crippen molar-refractivity contribution in [2.45, 2.75) is 26.0 Å². The van der Waals surface area contributed by atoms with Crippen molar-refractivity contribution in [2.24, 2.45) is 0 Å². The molecule has 3 aromatic rings. The van der Waals surface area contributed by atoms with Gasteiger partial charge in [-0.05, 0) is 34.4 Å². The minimum atomic E-state index is -0.879. The first-order chi connectivity index (χ1) is 15.6. The van der Waals surface area contributed by atoms with Crippen LogP contribution in [-0.2, 0) is 33.9 Å². The number of rotatable bonds is 11. The summed E-state index contributed by atoms with van der Waals surface area (Å²) in [5, 5.41) is 12.4. The molecule has 166 valence electrons. The Balaban J connectivity index is 1.60. The summed E-state index contributed by atoms with van der Waals surface area (Å²) in [4.78, 5) is 23.1. The standard InChI is InChI=1S/C26H27NO5/c1-31-24-12-11-20(16-25(28)29)15-23(24)22-10-6-5-9-21(22)17-27-14-13-26(30)32-18-19-7-3-2-4-8-19/h2-12,15,27H,13-14,16-18H2,1H3,(H,28,29). The molecule has 3 aromatic carbocycles. The predicted octanol–water partition coefficient (Wildman–Crippen LogP) is 4.21. The van der Waals surface area contributed by atoms with Crippen molar-refractivity contribution >= 4 is 11.9 Å². The maximum Gasteiger partial charge on any atom is 0.307 e. The lowest BCUT2D eigenvalue weighted by Crippen LogP contribution is -2.19. The van der Waals surface area contributed by atoms with Gasteiger partial charge < -0.3 is 19.9 Å². The quantitative estimate of drug-likeness (QED) is 0.348. The zero-order valence-corrected chi connectivity index (χ0v) is 18.0. The third kappa shape index (κ3) is 6.68. The highest BCUT2D eigenvalue weighted by atomic mass is 16.5. The monoisotopic (exact) mass is 433 g/mol. The molecule has 0 spiro atoms. The van der Waals surface area contributed by atoms with Crippen LogP contribution < -0.4 is 10.1 Å². The van der Waals surface area contributed by atoms with Gasteiger partial charge in [-0.1, -0.05) is 60.7 Å². The smallest absolute Gasteiger partial charge is 0.307 e. The Kier molecular flexibility index (Phi) is 8.40. The minimum absolute atomic E-state index is 0.0531. The largest absolute Gasteiger partial charge is 0.496 e. The number of esters is 1. The van der Waals surface area contributed by atoms with E-state index in [-0.39, 0.29) is 25.4 Å². The first-order valence-electron chi connectivity index (χ1n) is 10.4. The van der Waals surface area contributed by atoms with Gasteiger partial charge in [-0.15, -0.1) is 0 Å². The molecule has 6 nitrogen and oxygen atoms in total. The van der Waals surface area contributed by atoms with Crippen molar-refractivity contribution in [3.05, 3.63) is 89.5 Å². The Morgan fingerprint density at radius 3 is 2.41 bits per heavy atom. The highest BCUT2D eigenvalue weighted by Gasteiger charge is 2.13. The molecule has 0 bridgehead atoms. The zero-order valence-electron chi connectivity index (χ0n) is 18.0. The van der Waals surface area contributed by atoms with E-state index >= 15 is 0 Å². The second kappa shape index (κ2) is 11.7. The number of hydrogen-bond donors (Lipinski definition) is 2. The van der Waals surface area contributed by atoms with Gasteiger partial charge in [0.25, 0.3) is 0 Å². The number of carbonyl (C=O) groups is 2. The van der Waals surface area contributed by atoms with Gasteiger partial charge in [0, 0.05) is 18.7 Å². The van der Waals surface area contributed by atoms with Crippen molar-refractivity contribution < 1.29 is 24.2 Å². The molecule has 0 amide bonds. The molecule has 0 saturated heterocycles. The molecular weight excluding hydrogens is 406 g/mol. The number of hydrogen-bond acceptors (Lipinski definition) is 5. The molecule has 0 aromatic heterocycles. The molecule has 0 atom stereocenters. The summed E-state index contributed by atoms with van der Waals surface area (Å²) in [7, 11) is 1.59. The van der Waals surface area contributed by atoms with Crippen LogP contribution in [0, 0.1) is 0 Å². The van der Waals surface area contributed by atoms with E-state index < -0.39 is 5.97 Å². The highest BCUT2D eigenvalue weighted by molar-refractivity contribution is 5.76. The van der Waals surface area contributed by atoms with E-state index in [1.54, 1.807) is 19.2 Å². The van der Waals surface area contributed by atoms with Gasteiger partial charge in [0.05, 0.1) is 20.0 Å². The molecule has 0 radical (unpaired) electrons. The van der Waals surface area contributed by atoms with E-state index in [1.807, 2.05) is 60.7 Å². The fourth-order valence-corrected chi connectivity index (χ4v) is 3.41.